The van der Waals surface area contributed by atoms with Crippen molar-refractivity contribution in [2.24, 2.45) is 0 Å². The van der Waals surface area contributed by atoms with Crippen molar-refractivity contribution in [2.75, 3.05) is 13.7 Å². The van der Waals surface area contributed by atoms with E-state index in [0.29, 0.717) is 4.88 Å². The Labute approximate surface area is 114 Å². The van der Waals surface area contributed by atoms with Crippen LogP contribution in [0.25, 0.3) is 10.1 Å². The van der Waals surface area contributed by atoms with Crippen LogP contribution in [-0.4, -0.2) is 25.5 Å². The number of carbonyl (C=O) groups is 2. The molecule has 0 fully saturated rings. The van der Waals surface area contributed by atoms with Crippen molar-refractivity contribution in [1.82, 2.24) is 0 Å². The highest BCUT2D eigenvalue weighted by Crippen LogP contribution is 2.33. The maximum absolute atomic E-state index is 12.0. The number of ketones is 1. The molecule has 100 valence electrons. The van der Waals surface area contributed by atoms with Gasteiger partial charge in [0.15, 0.2) is 0 Å². The number of methoxy groups -OCH3 is 1. The van der Waals surface area contributed by atoms with E-state index in [-0.39, 0.29) is 6.61 Å². The molecule has 0 aliphatic heterocycles. The topological polar surface area (TPSA) is 52.6 Å². The first-order chi connectivity index (χ1) is 9.08. The van der Waals surface area contributed by atoms with Crippen LogP contribution in [-0.2, 0) is 9.53 Å². The van der Waals surface area contributed by atoms with E-state index < -0.39 is 11.8 Å². The summed E-state index contributed by atoms with van der Waals surface area (Å²) in [6, 6.07) is 5.58. The molecule has 5 heteroatoms. The second kappa shape index (κ2) is 5.40. The predicted molar refractivity (Wildman–Crippen MR) is 74.1 cm³/mol. The van der Waals surface area contributed by atoms with E-state index in [2.05, 4.69) is 0 Å². The van der Waals surface area contributed by atoms with Gasteiger partial charge in [0.25, 0.3) is 5.78 Å². The molecular formula is C14H14O4S. The Bertz CT molecular complexity index is 642. The fraction of sp³-hybridized carbons (Fsp3) is 0.286. The van der Waals surface area contributed by atoms with Gasteiger partial charge in [0.1, 0.15) is 5.75 Å². The van der Waals surface area contributed by atoms with Gasteiger partial charge >= 0.3 is 5.97 Å². The van der Waals surface area contributed by atoms with Crippen molar-refractivity contribution in [3.05, 3.63) is 28.6 Å². The summed E-state index contributed by atoms with van der Waals surface area (Å²) in [5.41, 5.74) is 0.806. The second-order valence-corrected chi connectivity index (χ2v) is 5.02. The zero-order chi connectivity index (χ0) is 14.0. The van der Waals surface area contributed by atoms with E-state index in [1.54, 1.807) is 14.0 Å². The van der Waals surface area contributed by atoms with Gasteiger partial charge in [-0.1, -0.05) is 0 Å². The second-order valence-electron chi connectivity index (χ2n) is 3.97. The summed E-state index contributed by atoms with van der Waals surface area (Å²) in [5.74, 6) is -0.660. The molecule has 0 radical (unpaired) electrons. The summed E-state index contributed by atoms with van der Waals surface area (Å²) in [6.45, 7) is 3.70. The average Bonchev–Trinajstić information content (AvgIpc) is 2.74. The van der Waals surface area contributed by atoms with Crippen molar-refractivity contribution >= 4 is 33.2 Å². The molecule has 2 aromatic rings. The predicted octanol–water partition coefficient (Wildman–Crippen LogP) is 2.96. The SMILES string of the molecule is CCOC(=O)C(=O)c1sc2cc(OC)ccc2c1C. The standard InChI is InChI=1S/C14H14O4S/c1-4-18-14(16)12(15)13-8(2)10-6-5-9(17-3)7-11(10)19-13/h5-7H,4H2,1-3H3. The van der Waals surface area contributed by atoms with Gasteiger partial charge in [0.05, 0.1) is 18.6 Å². The van der Waals surface area contributed by atoms with Crippen molar-refractivity contribution < 1.29 is 19.1 Å². The molecule has 19 heavy (non-hydrogen) atoms. The van der Waals surface area contributed by atoms with E-state index in [4.69, 9.17) is 9.47 Å². The van der Waals surface area contributed by atoms with Gasteiger partial charge < -0.3 is 9.47 Å². The number of aryl methyl sites for hydroxylation is 1. The third-order valence-electron chi connectivity index (χ3n) is 2.81. The molecule has 0 aliphatic rings. The number of ether oxygens (including phenoxy) is 2. The lowest BCUT2D eigenvalue weighted by Crippen LogP contribution is -2.17. The van der Waals surface area contributed by atoms with Crippen LogP contribution in [0.3, 0.4) is 0 Å². The van der Waals surface area contributed by atoms with E-state index in [1.807, 2.05) is 25.1 Å². The van der Waals surface area contributed by atoms with Gasteiger partial charge in [-0.3, -0.25) is 4.79 Å². The minimum Gasteiger partial charge on any atom is -0.497 e. The van der Waals surface area contributed by atoms with Gasteiger partial charge in [0, 0.05) is 4.70 Å². The highest BCUT2D eigenvalue weighted by Gasteiger charge is 2.23. The summed E-state index contributed by atoms with van der Waals surface area (Å²) in [5, 5.41) is 0.957. The summed E-state index contributed by atoms with van der Waals surface area (Å²) < 4.78 is 10.8. The third kappa shape index (κ3) is 2.46. The van der Waals surface area contributed by atoms with Crippen molar-refractivity contribution in [3.63, 3.8) is 0 Å². The number of thiophene rings is 1. The van der Waals surface area contributed by atoms with Gasteiger partial charge in [-0.25, -0.2) is 4.79 Å². The Hall–Kier alpha value is -1.88. The largest absolute Gasteiger partial charge is 0.497 e. The molecule has 4 nitrogen and oxygen atoms in total. The number of rotatable bonds is 4. The van der Waals surface area contributed by atoms with Gasteiger partial charge in [-0.05, 0) is 43.0 Å². The molecule has 0 N–H and O–H groups in total. The minimum absolute atomic E-state index is 0.197. The maximum Gasteiger partial charge on any atom is 0.380 e. The first kappa shape index (κ1) is 13.5. The molecule has 0 aliphatic carbocycles. The third-order valence-corrected chi connectivity index (χ3v) is 4.07. The highest BCUT2D eigenvalue weighted by atomic mass is 32.1. The highest BCUT2D eigenvalue weighted by molar-refractivity contribution is 7.21. The molecule has 0 amide bonds. The Morgan fingerprint density at radius 1 is 1.32 bits per heavy atom. The molecular weight excluding hydrogens is 264 g/mol. The molecule has 1 aromatic heterocycles. The summed E-state index contributed by atoms with van der Waals surface area (Å²) >= 11 is 1.29. The molecule has 0 unspecified atom stereocenters. The summed E-state index contributed by atoms with van der Waals surface area (Å²) in [7, 11) is 1.59. The number of fused-ring (bicyclic) bond motifs is 1. The Morgan fingerprint density at radius 2 is 2.05 bits per heavy atom. The van der Waals surface area contributed by atoms with Crippen LogP contribution < -0.4 is 4.74 Å². The van der Waals surface area contributed by atoms with Gasteiger partial charge in [0.2, 0.25) is 0 Å². The van der Waals surface area contributed by atoms with E-state index in [0.717, 1.165) is 21.4 Å². The normalized spacial score (nSPS) is 10.5. The summed E-state index contributed by atoms with van der Waals surface area (Å²) in [4.78, 5) is 23.9. The quantitative estimate of drug-likeness (QED) is 0.490. The van der Waals surface area contributed by atoms with Crippen LogP contribution in [0.2, 0.25) is 0 Å². The van der Waals surface area contributed by atoms with E-state index in [1.165, 1.54) is 11.3 Å². The number of carbonyl (C=O) groups excluding carboxylic acids is 2. The monoisotopic (exact) mass is 278 g/mol. The van der Waals surface area contributed by atoms with Crippen LogP contribution in [0.15, 0.2) is 18.2 Å². The van der Waals surface area contributed by atoms with Crippen LogP contribution >= 0.6 is 11.3 Å². The summed E-state index contributed by atoms with van der Waals surface area (Å²) in [6.07, 6.45) is 0. The Morgan fingerprint density at radius 3 is 2.68 bits per heavy atom. The number of hydrogen-bond acceptors (Lipinski definition) is 5. The van der Waals surface area contributed by atoms with Crippen LogP contribution in [0.1, 0.15) is 22.2 Å². The van der Waals surface area contributed by atoms with Crippen molar-refractivity contribution in [2.45, 2.75) is 13.8 Å². The Kier molecular flexibility index (Phi) is 3.85. The molecule has 1 aromatic carbocycles. The number of Topliss-reactive ketones (excluding diaryl/α,β-unsaturated/α-hetero) is 1. The zero-order valence-corrected chi connectivity index (χ0v) is 11.8. The number of esters is 1. The minimum atomic E-state index is -0.802. The van der Waals surface area contributed by atoms with Gasteiger partial charge in [-0.2, -0.15) is 0 Å². The molecule has 0 saturated heterocycles. The van der Waals surface area contributed by atoms with Crippen LogP contribution in [0.5, 0.6) is 5.75 Å². The first-order valence-electron chi connectivity index (χ1n) is 5.87. The molecule has 0 spiro atoms. The fourth-order valence-electron chi connectivity index (χ4n) is 1.84. The lowest BCUT2D eigenvalue weighted by molar-refractivity contribution is -0.137. The molecule has 0 atom stereocenters. The molecule has 2 rings (SSSR count). The van der Waals surface area contributed by atoms with Crippen molar-refractivity contribution in [3.8, 4) is 5.75 Å². The smallest absolute Gasteiger partial charge is 0.380 e. The average molecular weight is 278 g/mol. The maximum atomic E-state index is 12.0. The number of hydrogen-bond donors (Lipinski definition) is 0. The molecule has 0 bridgehead atoms. The first-order valence-corrected chi connectivity index (χ1v) is 6.68. The van der Waals surface area contributed by atoms with Gasteiger partial charge in [-0.15, -0.1) is 11.3 Å². The molecule has 1 heterocycles. The van der Waals surface area contributed by atoms with E-state index >= 15 is 0 Å². The lowest BCUT2D eigenvalue weighted by Gasteiger charge is -1.99. The Balaban J connectivity index is 2.47. The zero-order valence-electron chi connectivity index (χ0n) is 11.0. The fourth-order valence-corrected chi connectivity index (χ4v) is 3.00. The van der Waals surface area contributed by atoms with Crippen LogP contribution in [0.4, 0.5) is 0 Å². The molecule has 0 saturated carbocycles. The lowest BCUT2D eigenvalue weighted by atomic mass is 10.1. The van der Waals surface area contributed by atoms with Crippen LogP contribution in [0, 0.1) is 6.92 Å². The number of benzene rings is 1. The van der Waals surface area contributed by atoms with Crippen molar-refractivity contribution in [1.29, 1.82) is 0 Å². The van der Waals surface area contributed by atoms with E-state index in [9.17, 15) is 9.59 Å².